The number of nitrogen functional groups attached to an aromatic ring is 1. The van der Waals surface area contributed by atoms with Gasteiger partial charge in [-0.3, -0.25) is 9.48 Å². The van der Waals surface area contributed by atoms with E-state index in [0.717, 1.165) is 17.8 Å². The van der Waals surface area contributed by atoms with E-state index in [1.807, 2.05) is 19.2 Å². The lowest BCUT2D eigenvalue weighted by Gasteiger charge is -2.04. The van der Waals surface area contributed by atoms with E-state index in [-0.39, 0.29) is 18.6 Å². The Morgan fingerprint density at radius 1 is 1.45 bits per heavy atom. The largest absolute Gasteiger partial charge is 0.375 e. The van der Waals surface area contributed by atoms with Gasteiger partial charge >= 0.3 is 0 Å². The second-order valence-electron chi connectivity index (χ2n) is 4.45. The molecule has 2 rings (SSSR count). The lowest BCUT2D eigenvalue weighted by atomic mass is 10.1. The van der Waals surface area contributed by atoms with Crippen molar-refractivity contribution < 1.29 is 4.79 Å². The molecule has 0 unspecified atom stereocenters. The average Bonchev–Trinajstić information content (AvgIpc) is 2.95. The zero-order valence-corrected chi connectivity index (χ0v) is 13.1. The number of ketones is 1. The van der Waals surface area contributed by atoms with Crippen molar-refractivity contribution in [2.45, 2.75) is 39.7 Å². The normalized spacial score (nSPS) is 10.9. The molecular weight excluding hydrogens is 296 g/mol. The van der Waals surface area contributed by atoms with E-state index in [2.05, 4.69) is 10.1 Å². The van der Waals surface area contributed by atoms with Crippen LogP contribution in [0, 0.1) is 0 Å². The second kappa shape index (κ2) is 6.37. The van der Waals surface area contributed by atoms with E-state index in [0.29, 0.717) is 22.4 Å². The highest BCUT2D eigenvalue weighted by atomic mass is 35.5. The monoisotopic (exact) mass is 312 g/mol. The molecule has 0 spiro atoms. The quantitative estimate of drug-likeness (QED) is 0.889. The number of thiazole rings is 1. The van der Waals surface area contributed by atoms with Gasteiger partial charge < -0.3 is 5.73 Å². The van der Waals surface area contributed by atoms with Crippen molar-refractivity contribution in [1.82, 2.24) is 14.8 Å². The number of Topliss-reactive ketones (excluding diaryl/α,β-unsaturated/α-hetero) is 1. The van der Waals surface area contributed by atoms with Gasteiger partial charge in [-0.1, -0.05) is 18.5 Å². The van der Waals surface area contributed by atoms with Gasteiger partial charge in [0.05, 0.1) is 34.9 Å². The van der Waals surface area contributed by atoms with Gasteiger partial charge in [0, 0.05) is 11.9 Å². The fourth-order valence-electron chi connectivity index (χ4n) is 2.04. The van der Waals surface area contributed by atoms with Gasteiger partial charge in [-0.05, 0) is 13.3 Å². The van der Waals surface area contributed by atoms with E-state index in [1.54, 1.807) is 4.68 Å². The van der Waals surface area contributed by atoms with Crippen molar-refractivity contribution in [3.05, 3.63) is 27.5 Å². The maximum Gasteiger partial charge on any atom is 0.180 e. The van der Waals surface area contributed by atoms with Gasteiger partial charge in [-0.2, -0.15) is 5.10 Å². The molecule has 2 heterocycles. The molecule has 2 aromatic heterocycles. The third kappa shape index (κ3) is 3.19. The maximum atomic E-state index is 12.1. The molecule has 0 aliphatic heterocycles. The van der Waals surface area contributed by atoms with Gasteiger partial charge in [0.15, 0.2) is 5.13 Å². The number of nitrogens with zero attached hydrogens (tertiary/aromatic N) is 3. The molecule has 0 saturated carbocycles. The van der Waals surface area contributed by atoms with Crippen molar-refractivity contribution in [3.63, 3.8) is 0 Å². The summed E-state index contributed by atoms with van der Waals surface area (Å²) in [7, 11) is 0. The smallest absolute Gasteiger partial charge is 0.180 e. The Balaban J connectivity index is 2.13. The molecule has 20 heavy (non-hydrogen) atoms. The predicted molar refractivity (Wildman–Crippen MR) is 81.2 cm³/mol. The number of halogens is 1. The zero-order valence-electron chi connectivity index (χ0n) is 11.5. The molecule has 0 radical (unpaired) electrons. The minimum absolute atomic E-state index is 0.0643. The van der Waals surface area contributed by atoms with Crippen LogP contribution in [-0.2, 0) is 30.6 Å². The fourth-order valence-corrected chi connectivity index (χ4v) is 2.94. The summed E-state index contributed by atoms with van der Waals surface area (Å²) in [5.41, 5.74) is 7.91. The Morgan fingerprint density at radius 3 is 2.75 bits per heavy atom. The van der Waals surface area contributed by atoms with E-state index >= 15 is 0 Å². The first-order valence-corrected chi connectivity index (χ1v) is 7.76. The number of rotatable bonds is 6. The molecule has 2 N–H and O–H groups in total. The highest BCUT2D eigenvalue weighted by molar-refractivity contribution is 7.13. The van der Waals surface area contributed by atoms with Crippen molar-refractivity contribution in [3.8, 4) is 0 Å². The summed E-state index contributed by atoms with van der Waals surface area (Å²) >= 11 is 7.63. The van der Waals surface area contributed by atoms with Crippen LogP contribution < -0.4 is 5.73 Å². The Kier molecular flexibility index (Phi) is 4.77. The maximum absolute atomic E-state index is 12.1. The minimum atomic E-state index is 0.0643. The number of aryl methyl sites for hydroxylation is 2. The van der Waals surface area contributed by atoms with Crippen LogP contribution in [0.3, 0.4) is 0 Å². The summed E-state index contributed by atoms with van der Waals surface area (Å²) in [4.78, 5) is 16.2. The topological polar surface area (TPSA) is 73.8 Å². The SMILES string of the molecule is CCc1nn(CC)c(CC(=O)Cc2csc(N)n2)c1Cl. The van der Waals surface area contributed by atoms with Crippen LogP contribution in [0.2, 0.25) is 5.02 Å². The average molecular weight is 313 g/mol. The van der Waals surface area contributed by atoms with E-state index in [9.17, 15) is 4.79 Å². The van der Waals surface area contributed by atoms with Crippen LogP contribution in [0.1, 0.15) is 30.9 Å². The zero-order chi connectivity index (χ0) is 14.7. The molecule has 108 valence electrons. The molecule has 0 aliphatic rings. The number of carbonyl (C=O) groups is 1. The van der Waals surface area contributed by atoms with E-state index < -0.39 is 0 Å². The summed E-state index contributed by atoms with van der Waals surface area (Å²) in [5, 5.41) is 7.31. The molecule has 0 aromatic carbocycles. The summed E-state index contributed by atoms with van der Waals surface area (Å²) in [5.74, 6) is 0.0643. The van der Waals surface area contributed by atoms with Gasteiger partial charge in [0.1, 0.15) is 5.78 Å². The highest BCUT2D eigenvalue weighted by Gasteiger charge is 2.18. The first-order valence-electron chi connectivity index (χ1n) is 6.50. The van der Waals surface area contributed by atoms with Gasteiger partial charge in [-0.15, -0.1) is 11.3 Å². The molecule has 0 fully saturated rings. The van der Waals surface area contributed by atoms with Crippen molar-refractivity contribution >= 4 is 33.9 Å². The van der Waals surface area contributed by atoms with Gasteiger partial charge in [0.2, 0.25) is 0 Å². The van der Waals surface area contributed by atoms with Crippen molar-refractivity contribution in [1.29, 1.82) is 0 Å². The van der Waals surface area contributed by atoms with Crippen LogP contribution in [0.4, 0.5) is 5.13 Å². The molecule has 5 nitrogen and oxygen atoms in total. The highest BCUT2D eigenvalue weighted by Crippen LogP contribution is 2.23. The number of carbonyl (C=O) groups excluding carboxylic acids is 1. The van der Waals surface area contributed by atoms with E-state index in [4.69, 9.17) is 17.3 Å². The number of anilines is 1. The molecule has 2 aromatic rings. The second-order valence-corrected chi connectivity index (χ2v) is 5.71. The third-order valence-electron chi connectivity index (χ3n) is 3.01. The molecule has 0 amide bonds. The molecule has 0 saturated heterocycles. The van der Waals surface area contributed by atoms with Crippen LogP contribution in [-0.4, -0.2) is 20.5 Å². The first-order chi connectivity index (χ1) is 9.55. The first kappa shape index (κ1) is 15.0. The molecule has 7 heteroatoms. The summed E-state index contributed by atoms with van der Waals surface area (Å²) < 4.78 is 1.80. The molecule has 0 atom stereocenters. The van der Waals surface area contributed by atoms with Gasteiger partial charge in [0.25, 0.3) is 0 Å². The van der Waals surface area contributed by atoms with Crippen LogP contribution >= 0.6 is 22.9 Å². The summed E-state index contributed by atoms with van der Waals surface area (Å²) in [6.45, 7) is 4.68. The lowest BCUT2D eigenvalue weighted by molar-refractivity contribution is -0.117. The Labute approximate surface area is 126 Å². The van der Waals surface area contributed by atoms with E-state index in [1.165, 1.54) is 11.3 Å². The summed E-state index contributed by atoms with van der Waals surface area (Å²) in [6, 6.07) is 0. The fraction of sp³-hybridized carbons (Fsp3) is 0.462. The minimum Gasteiger partial charge on any atom is -0.375 e. The number of hydrogen-bond donors (Lipinski definition) is 1. The summed E-state index contributed by atoms with van der Waals surface area (Å²) in [6.07, 6.45) is 1.31. The number of hydrogen-bond acceptors (Lipinski definition) is 5. The van der Waals surface area contributed by atoms with Crippen LogP contribution in [0.15, 0.2) is 5.38 Å². The molecule has 0 bridgehead atoms. The Hall–Kier alpha value is -1.40. The Morgan fingerprint density at radius 2 is 2.20 bits per heavy atom. The third-order valence-corrected chi connectivity index (χ3v) is 4.17. The number of nitrogens with two attached hydrogens (primary N) is 1. The van der Waals surface area contributed by atoms with Gasteiger partial charge in [-0.25, -0.2) is 4.98 Å². The van der Waals surface area contributed by atoms with Crippen molar-refractivity contribution in [2.75, 3.05) is 5.73 Å². The lowest BCUT2D eigenvalue weighted by Crippen LogP contribution is -2.12. The molecule has 0 aliphatic carbocycles. The van der Waals surface area contributed by atoms with Crippen molar-refractivity contribution in [2.24, 2.45) is 0 Å². The standard InChI is InChI=1S/C13H17ClN4OS/c1-3-10-12(14)11(18(4-2)17-10)6-9(19)5-8-7-20-13(15)16-8/h7H,3-6H2,1-2H3,(H2,15,16). The van der Waals surface area contributed by atoms with Crippen LogP contribution in [0.5, 0.6) is 0 Å². The molecular formula is C13H17ClN4OS. The van der Waals surface area contributed by atoms with Crippen LogP contribution in [0.25, 0.3) is 0 Å². The Bertz CT molecular complexity index is 620. The predicted octanol–water partition coefficient (Wildman–Crippen LogP) is 2.51. The number of aromatic nitrogens is 3.